The molecule has 1 amide bonds. The maximum atomic E-state index is 12.4. The van der Waals surface area contributed by atoms with Gasteiger partial charge >= 0.3 is 5.97 Å². The number of aromatic nitrogens is 3. The Morgan fingerprint density at radius 2 is 1.26 bits per heavy atom. The van der Waals surface area contributed by atoms with Crippen LogP contribution < -0.4 is 21.4 Å². The zero-order valence-electron chi connectivity index (χ0n) is 23.2. The Morgan fingerprint density at radius 1 is 0.698 bits per heavy atom. The van der Waals surface area contributed by atoms with Gasteiger partial charge in [0.15, 0.2) is 6.61 Å². The van der Waals surface area contributed by atoms with Gasteiger partial charge < -0.3 is 20.7 Å². The smallest absolute Gasteiger partial charge is 0.338 e. The molecule has 5 aromatic rings. The Kier molecular flexibility index (Phi) is 9.25. The predicted molar refractivity (Wildman–Crippen MR) is 167 cm³/mol. The molecule has 4 aromatic carbocycles. The molecule has 0 spiro atoms. The Morgan fingerprint density at radius 3 is 1.84 bits per heavy atom. The quantitative estimate of drug-likeness (QED) is 0.0863. The van der Waals surface area contributed by atoms with E-state index < -0.39 is 18.5 Å². The van der Waals surface area contributed by atoms with Crippen LogP contribution in [0.5, 0.6) is 0 Å². The Balaban J connectivity index is 1.19. The zero-order chi connectivity index (χ0) is 29.9. The topological polar surface area (TPSA) is 143 Å². The van der Waals surface area contributed by atoms with Gasteiger partial charge in [0.25, 0.3) is 5.91 Å². The molecule has 0 aliphatic carbocycles. The van der Waals surface area contributed by atoms with Gasteiger partial charge in [0, 0.05) is 17.1 Å². The molecule has 1 heterocycles. The fourth-order valence-corrected chi connectivity index (χ4v) is 3.76. The molecule has 11 heteroatoms. The molecule has 0 aliphatic rings. The van der Waals surface area contributed by atoms with Crippen molar-refractivity contribution >= 4 is 53.0 Å². The van der Waals surface area contributed by atoms with Crippen LogP contribution in [-0.4, -0.2) is 39.6 Å². The number of amides is 1. The van der Waals surface area contributed by atoms with Gasteiger partial charge in [-0.15, -0.1) is 0 Å². The van der Waals surface area contributed by atoms with Crippen LogP contribution in [0.2, 0.25) is 0 Å². The van der Waals surface area contributed by atoms with E-state index in [0.29, 0.717) is 28.7 Å². The van der Waals surface area contributed by atoms with Crippen LogP contribution in [0.1, 0.15) is 21.5 Å². The van der Waals surface area contributed by atoms with Crippen molar-refractivity contribution in [1.29, 1.82) is 0 Å². The lowest BCUT2D eigenvalue weighted by Gasteiger charge is -2.10. The summed E-state index contributed by atoms with van der Waals surface area (Å²) >= 11 is 0. The highest BCUT2D eigenvalue weighted by Gasteiger charge is 2.11. The summed E-state index contributed by atoms with van der Waals surface area (Å²) in [5, 5.41) is 13.3. The fourth-order valence-electron chi connectivity index (χ4n) is 3.76. The molecule has 0 radical (unpaired) electrons. The summed E-state index contributed by atoms with van der Waals surface area (Å²) in [6.45, 7) is 1.56. The summed E-state index contributed by atoms with van der Waals surface area (Å²) in [5.74, 6) is -0.162. The molecular weight excluding hydrogens is 544 g/mol. The van der Waals surface area contributed by atoms with Crippen molar-refractivity contribution in [1.82, 2.24) is 15.0 Å². The van der Waals surface area contributed by atoms with E-state index in [1.807, 2.05) is 79.7 Å². The van der Waals surface area contributed by atoms with E-state index in [1.54, 1.807) is 42.6 Å². The number of carbonyl (C=O) groups is 2. The van der Waals surface area contributed by atoms with E-state index in [4.69, 9.17) is 4.74 Å². The number of hydrogen-bond acceptors (Lipinski definition) is 10. The number of esters is 1. The zero-order valence-corrected chi connectivity index (χ0v) is 23.2. The second-order valence-corrected chi connectivity index (χ2v) is 9.27. The van der Waals surface area contributed by atoms with Crippen molar-refractivity contribution in [2.24, 2.45) is 5.10 Å². The number of benzene rings is 4. The normalized spacial score (nSPS) is 10.6. The van der Waals surface area contributed by atoms with Crippen LogP contribution >= 0.6 is 0 Å². The van der Waals surface area contributed by atoms with Crippen molar-refractivity contribution in [2.45, 2.75) is 6.92 Å². The molecule has 0 aliphatic heterocycles. The molecule has 1 aromatic heterocycles. The number of rotatable bonds is 11. The maximum Gasteiger partial charge on any atom is 0.338 e. The second-order valence-electron chi connectivity index (χ2n) is 9.27. The summed E-state index contributed by atoms with van der Waals surface area (Å²) in [4.78, 5) is 37.8. The summed E-state index contributed by atoms with van der Waals surface area (Å²) in [7, 11) is 0. The van der Waals surface area contributed by atoms with Gasteiger partial charge in [-0.1, -0.05) is 66.2 Å². The molecule has 11 nitrogen and oxygen atoms in total. The van der Waals surface area contributed by atoms with Crippen LogP contribution in [0.25, 0.3) is 0 Å². The van der Waals surface area contributed by atoms with Crippen molar-refractivity contribution in [3.63, 3.8) is 0 Å². The monoisotopic (exact) mass is 572 g/mol. The van der Waals surface area contributed by atoms with E-state index in [1.165, 1.54) is 0 Å². The minimum absolute atomic E-state index is 0.215. The first kappa shape index (κ1) is 28.4. The van der Waals surface area contributed by atoms with Gasteiger partial charge in [-0.2, -0.15) is 20.1 Å². The first-order valence-electron chi connectivity index (χ1n) is 13.3. The molecule has 0 saturated heterocycles. The number of ether oxygens (including phenoxy) is 1. The van der Waals surface area contributed by atoms with Crippen LogP contribution in [0.3, 0.4) is 0 Å². The molecule has 0 unspecified atom stereocenters. The fraction of sp³-hybridized carbons (Fsp3) is 0.0625. The third-order valence-corrected chi connectivity index (χ3v) is 5.89. The van der Waals surface area contributed by atoms with Gasteiger partial charge in [0.05, 0.1) is 11.8 Å². The molecule has 0 atom stereocenters. The van der Waals surface area contributed by atoms with Crippen molar-refractivity contribution in [3.8, 4) is 0 Å². The van der Waals surface area contributed by atoms with Gasteiger partial charge in [-0.05, 0) is 61.0 Å². The molecule has 4 N–H and O–H groups in total. The Labute approximate surface area is 248 Å². The van der Waals surface area contributed by atoms with Crippen molar-refractivity contribution in [2.75, 3.05) is 28.0 Å². The molecule has 0 fully saturated rings. The number of carbonyl (C=O) groups excluding carboxylic acids is 2. The Hall–Kier alpha value is -6.10. The minimum Gasteiger partial charge on any atom is -0.452 e. The summed E-state index contributed by atoms with van der Waals surface area (Å²) in [6, 6.07) is 33.0. The number of para-hydroxylation sites is 2. The standard InChI is InChI=1S/C32H28N8O3/c1-22-12-18-27(19-13-22)34-28(41)21-43-29(42)24-16-14-23(15-17-24)20-33-40-32-38-30(35-25-8-4-2-5-9-25)37-31(39-32)36-26-10-6-3-7-11-26/h2-20H,21H2,1H3,(H,34,41)(H3,35,36,37,38,39,40)/b33-20+. The van der Waals surface area contributed by atoms with E-state index >= 15 is 0 Å². The number of anilines is 6. The second kappa shape index (κ2) is 14.0. The number of nitrogens with zero attached hydrogens (tertiary/aromatic N) is 4. The lowest BCUT2D eigenvalue weighted by molar-refractivity contribution is -0.119. The average molecular weight is 573 g/mol. The van der Waals surface area contributed by atoms with Crippen LogP contribution in [0.4, 0.5) is 34.9 Å². The summed E-state index contributed by atoms with van der Waals surface area (Å²) in [5.41, 5.74) is 7.19. The van der Waals surface area contributed by atoms with Gasteiger partial charge in [-0.3, -0.25) is 4.79 Å². The summed E-state index contributed by atoms with van der Waals surface area (Å²) in [6.07, 6.45) is 1.56. The molecule has 5 rings (SSSR count). The van der Waals surface area contributed by atoms with E-state index in [9.17, 15) is 9.59 Å². The van der Waals surface area contributed by atoms with E-state index in [0.717, 1.165) is 16.9 Å². The molecule has 0 bridgehead atoms. The van der Waals surface area contributed by atoms with Crippen LogP contribution in [-0.2, 0) is 9.53 Å². The Bertz CT molecular complexity index is 1640. The van der Waals surface area contributed by atoms with Gasteiger partial charge in [0.2, 0.25) is 17.8 Å². The SMILES string of the molecule is Cc1ccc(NC(=O)COC(=O)c2ccc(/C=N/Nc3nc(Nc4ccccc4)nc(Nc4ccccc4)n3)cc2)cc1. The minimum atomic E-state index is -0.609. The number of hydrazone groups is 1. The summed E-state index contributed by atoms with van der Waals surface area (Å²) < 4.78 is 5.14. The molecular formula is C32H28N8O3. The highest BCUT2D eigenvalue weighted by Crippen LogP contribution is 2.18. The third kappa shape index (κ3) is 8.69. The van der Waals surface area contributed by atoms with E-state index in [2.05, 4.69) is 41.4 Å². The van der Waals surface area contributed by atoms with Gasteiger partial charge in [0.1, 0.15) is 0 Å². The lowest BCUT2D eigenvalue weighted by Crippen LogP contribution is -2.20. The van der Waals surface area contributed by atoms with Crippen molar-refractivity contribution < 1.29 is 14.3 Å². The number of nitrogens with one attached hydrogen (secondary N) is 4. The largest absolute Gasteiger partial charge is 0.452 e. The van der Waals surface area contributed by atoms with Crippen molar-refractivity contribution in [3.05, 3.63) is 126 Å². The molecule has 214 valence electrons. The highest BCUT2D eigenvalue weighted by atomic mass is 16.5. The first-order chi connectivity index (χ1) is 21.0. The molecule has 43 heavy (non-hydrogen) atoms. The predicted octanol–water partition coefficient (Wildman–Crippen LogP) is 5.91. The lowest BCUT2D eigenvalue weighted by atomic mass is 10.1. The molecule has 0 saturated carbocycles. The third-order valence-electron chi connectivity index (χ3n) is 5.89. The number of aryl methyl sites for hydroxylation is 1. The average Bonchev–Trinajstić information content (AvgIpc) is 3.02. The highest BCUT2D eigenvalue weighted by molar-refractivity contribution is 5.95. The van der Waals surface area contributed by atoms with Crippen LogP contribution in [0, 0.1) is 6.92 Å². The van der Waals surface area contributed by atoms with Crippen LogP contribution in [0.15, 0.2) is 114 Å². The maximum absolute atomic E-state index is 12.4. The first-order valence-corrected chi connectivity index (χ1v) is 13.3. The van der Waals surface area contributed by atoms with E-state index in [-0.39, 0.29) is 5.95 Å². The van der Waals surface area contributed by atoms with Gasteiger partial charge in [-0.25, -0.2) is 10.2 Å². The number of hydrogen-bond donors (Lipinski definition) is 4.